The molecule has 2 rings (SSSR count). The van der Waals surface area contributed by atoms with Crippen LogP contribution in [-0.2, 0) is 0 Å². The predicted molar refractivity (Wildman–Crippen MR) is 108 cm³/mol. The van der Waals surface area contributed by atoms with Gasteiger partial charge in [0.25, 0.3) is 0 Å². The van der Waals surface area contributed by atoms with Gasteiger partial charge in [-0.2, -0.15) is 5.26 Å². The summed E-state index contributed by atoms with van der Waals surface area (Å²) in [4.78, 5) is 0. The van der Waals surface area contributed by atoms with E-state index in [2.05, 4.69) is 42.6 Å². The van der Waals surface area contributed by atoms with E-state index < -0.39 is 0 Å². The van der Waals surface area contributed by atoms with Crippen molar-refractivity contribution < 1.29 is 0 Å². The first-order valence-corrected chi connectivity index (χ1v) is 9.68. The Balaban J connectivity index is 1.66. The van der Waals surface area contributed by atoms with E-state index in [0.717, 1.165) is 12.1 Å². The van der Waals surface area contributed by atoms with Crippen LogP contribution >= 0.6 is 0 Å². The molecule has 0 radical (unpaired) electrons. The van der Waals surface area contributed by atoms with E-state index in [1.165, 1.54) is 62.6 Å². The van der Waals surface area contributed by atoms with Crippen LogP contribution in [-0.4, -0.2) is 6.54 Å². The van der Waals surface area contributed by atoms with Gasteiger partial charge in [0.05, 0.1) is 11.6 Å². The smallest absolute Gasteiger partial charge is 0.0991 e. The fourth-order valence-corrected chi connectivity index (χ4v) is 3.01. The Morgan fingerprint density at radius 2 is 1.24 bits per heavy atom. The van der Waals surface area contributed by atoms with Crippen molar-refractivity contribution in [1.29, 1.82) is 5.26 Å². The van der Waals surface area contributed by atoms with Gasteiger partial charge in [0.15, 0.2) is 0 Å². The topological polar surface area (TPSA) is 35.8 Å². The number of nitriles is 1. The number of hydrogen-bond acceptors (Lipinski definition) is 2. The quantitative estimate of drug-likeness (QED) is 0.460. The Kier molecular flexibility index (Phi) is 8.63. The molecule has 132 valence electrons. The lowest BCUT2D eigenvalue weighted by Crippen LogP contribution is -2.01. The van der Waals surface area contributed by atoms with Gasteiger partial charge in [-0.15, -0.1) is 0 Å². The Morgan fingerprint density at radius 1 is 0.720 bits per heavy atom. The minimum atomic E-state index is 0.701. The molecule has 0 atom stereocenters. The number of anilines is 1. The molecule has 0 aliphatic heterocycles. The number of nitrogens with one attached hydrogen (secondary N) is 1. The van der Waals surface area contributed by atoms with Gasteiger partial charge in [-0.3, -0.25) is 0 Å². The third-order valence-electron chi connectivity index (χ3n) is 4.59. The fourth-order valence-electron chi connectivity index (χ4n) is 3.01. The second kappa shape index (κ2) is 11.3. The van der Waals surface area contributed by atoms with Crippen molar-refractivity contribution in [2.24, 2.45) is 0 Å². The molecule has 0 aromatic heterocycles. The predicted octanol–water partition coefficient (Wildman–Crippen LogP) is 6.78. The maximum Gasteiger partial charge on any atom is 0.0991 e. The maximum absolute atomic E-state index is 8.86. The van der Waals surface area contributed by atoms with Crippen molar-refractivity contribution in [2.75, 3.05) is 11.9 Å². The molecule has 0 bridgehead atoms. The summed E-state index contributed by atoms with van der Waals surface area (Å²) < 4.78 is 0. The molecule has 0 heterocycles. The van der Waals surface area contributed by atoms with Crippen molar-refractivity contribution >= 4 is 5.69 Å². The summed E-state index contributed by atoms with van der Waals surface area (Å²) in [6.45, 7) is 3.31. The van der Waals surface area contributed by atoms with Crippen molar-refractivity contribution in [3.05, 3.63) is 54.1 Å². The van der Waals surface area contributed by atoms with Crippen LogP contribution in [0.5, 0.6) is 0 Å². The standard InChI is InChI=1S/C23H30N2/c1-2-3-4-5-6-7-8-9-18-25-23-16-14-22(15-17-23)21-12-10-20(19-24)11-13-21/h10-17,25H,2-9,18H2,1H3. The van der Waals surface area contributed by atoms with Crippen molar-refractivity contribution in [1.82, 2.24) is 0 Å². The molecular formula is C23H30N2. The number of unbranched alkanes of at least 4 members (excludes halogenated alkanes) is 7. The summed E-state index contributed by atoms with van der Waals surface area (Å²) in [6, 6.07) is 18.4. The summed E-state index contributed by atoms with van der Waals surface area (Å²) in [5, 5.41) is 12.4. The summed E-state index contributed by atoms with van der Waals surface area (Å²) in [7, 11) is 0. The molecule has 0 spiro atoms. The van der Waals surface area contributed by atoms with Crippen molar-refractivity contribution in [2.45, 2.75) is 58.3 Å². The van der Waals surface area contributed by atoms with Gasteiger partial charge in [-0.1, -0.05) is 76.1 Å². The average Bonchev–Trinajstić information content (AvgIpc) is 2.67. The second-order valence-electron chi connectivity index (χ2n) is 6.67. The van der Waals surface area contributed by atoms with Crippen LogP contribution in [0, 0.1) is 11.3 Å². The zero-order valence-electron chi connectivity index (χ0n) is 15.4. The maximum atomic E-state index is 8.86. The molecule has 0 fully saturated rings. The van der Waals surface area contributed by atoms with Crippen LogP contribution in [0.25, 0.3) is 11.1 Å². The summed E-state index contributed by atoms with van der Waals surface area (Å²) in [5.41, 5.74) is 4.21. The number of nitrogens with zero attached hydrogens (tertiary/aromatic N) is 1. The van der Waals surface area contributed by atoms with Gasteiger partial charge in [0.1, 0.15) is 0 Å². The number of hydrogen-bond donors (Lipinski definition) is 1. The van der Waals surface area contributed by atoms with Crippen LogP contribution in [0.1, 0.15) is 63.9 Å². The zero-order valence-corrected chi connectivity index (χ0v) is 15.4. The van der Waals surface area contributed by atoms with Crippen LogP contribution in [0.2, 0.25) is 0 Å². The highest BCUT2D eigenvalue weighted by molar-refractivity contribution is 5.66. The van der Waals surface area contributed by atoms with Gasteiger partial charge in [0.2, 0.25) is 0 Å². The summed E-state index contributed by atoms with van der Waals surface area (Å²) in [6.07, 6.45) is 10.8. The highest BCUT2D eigenvalue weighted by Gasteiger charge is 1.99. The summed E-state index contributed by atoms with van der Waals surface area (Å²) >= 11 is 0. The van der Waals surface area contributed by atoms with Crippen molar-refractivity contribution in [3.8, 4) is 17.2 Å². The summed E-state index contributed by atoms with van der Waals surface area (Å²) in [5.74, 6) is 0. The van der Waals surface area contributed by atoms with Gasteiger partial charge in [0, 0.05) is 12.2 Å². The Bertz CT molecular complexity index is 635. The molecule has 0 aliphatic rings. The fraction of sp³-hybridized carbons (Fsp3) is 0.435. The first-order valence-electron chi connectivity index (χ1n) is 9.68. The lowest BCUT2D eigenvalue weighted by atomic mass is 10.0. The second-order valence-corrected chi connectivity index (χ2v) is 6.67. The molecule has 0 unspecified atom stereocenters. The number of benzene rings is 2. The van der Waals surface area contributed by atoms with Gasteiger partial charge in [-0.25, -0.2) is 0 Å². The van der Waals surface area contributed by atoms with E-state index in [-0.39, 0.29) is 0 Å². The van der Waals surface area contributed by atoms with Crippen molar-refractivity contribution in [3.63, 3.8) is 0 Å². The van der Waals surface area contributed by atoms with E-state index in [0.29, 0.717) is 5.56 Å². The average molecular weight is 335 g/mol. The number of rotatable bonds is 11. The Morgan fingerprint density at radius 3 is 1.80 bits per heavy atom. The molecule has 0 amide bonds. The minimum absolute atomic E-state index is 0.701. The molecule has 0 saturated heterocycles. The van der Waals surface area contributed by atoms with Crippen LogP contribution in [0.4, 0.5) is 5.69 Å². The van der Waals surface area contributed by atoms with Crippen LogP contribution in [0.3, 0.4) is 0 Å². The molecule has 1 N–H and O–H groups in total. The highest BCUT2D eigenvalue weighted by Crippen LogP contribution is 2.22. The monoisotopic (exact) mass is 334 g/mol. The Hall–Kier alpha value is -2.27. The molecule has 2 nitrogen and oxygen atoms in total. The third-order valence-corrected chi connectivity index (χ3v) is 4.59. The van der Waals surface area contributed by atoms with Gasteiger partial charge in [-0.05, 0) is 41.8 Å². The van der Waals surface area contributed by atoms with E-state index in [4.69, 9.17) is 5.26 Å². The largest absolute Gasteiger partial charge is 0.385 e. The normalized spacial score (nSPS) is 10.4. The van der Waals surface area contributed by atoms with E-state index in [1.54, 1.807) is 0 Å². The first-order chi connectivity index (χ1) is 12.3. The Labute approximate surface area is 152 Å². The van der Waals surface area contributed by atoms with E-state index in [9.17, 15) is 0 Å². The molecule has 0 saturated carbocycles. The van der Waals surface area contributed by atoms with Gasteiger partial charge < -0.3 is 5.32 Å². The highest BCUT2D eigenvalue weighted by atomic mass is 14.9. The molecule has 25 heavy (non-hydrogen) atoms. The third kappa shape index (κ3) is 7.01. The molecule has 0 aliphatic carbocycles. The van der Waals surface area contributed by atoms with E-state index in [1.807, 2.05) is 24.3 Å². The molecule has 2 heteroatoms. The zero-order chi connectivity index (χ0) is 17.7. The van der Waals surface area contributed by atoms with Gasteiger partial charge >= 0.3 is 0 Å². The lowest BCUT2D eigenvalue weighted by molar-refractivity contribution is 0.581. The minimum Gasteiger partial charge on any atom is -0.385 e. The van der Waals surface area contributed by atoms with Crippen LogP contribution < -0.4 is 5.32 Å². The molecule has 2 aromatic carbocycles. The molecular weight excluding hydrogens is 304 g/mol. The van der Waals surface area contributed by atoms with Crippen LogP contribution in [0.15, 0.2) is 48.5 Å². The lowest BCUT2D eigenvalue weighted by Gasteiger charge is -2.08. The molecule has 2 aromatic rings. The van der Waals surface area contributed by atoms with E-state index >= 15 is 0 Å². The first kappa shape index (κ1) is 19.1. The SMILES string of the molecule is CCCCCCCCCCNc1ccc(-c2ccc(C#N)cc2)cc1.